The lowest BCUT2D eigenvalue weighted by Crippen LogP contribution is -2.37. The summed E-state index contributed by atoms with van der Waals surface area (Å²) in [7, 11) is 0. The van der Waals surface area contributed by atoms with Crippen molar-refractivity contribution in [1.29, 1.82) is 0 Å². The summed E-state index contributed by atoms with van der Waals surface area (Å²) in [6, 6.07) is 14.9. The van der Waals surface area contributed by atoms with E-state index in [9.17, 15) is 14.4 Å². The van der Waals surface area contributed by atoms with E-state index in [2.05, 4.69) is 16.3 Å². The second-order valence-electron chi connectivity index (χ2n) is 14.9. The predicted octanol–water partition coefficient (Wildman–Crippen LogP) is 7.50. The summed E-state index contributed by atoms with van der Waals surface area (Å²) in [5.41, 5.74) is 0.912. The molecule has 2 aromatic carbocycles. The maximum atomic E-state index is 12.2. The van der Waals surface area contributed by atoms with E-state index in [4.69, 9.17) is 32.7 Å². The van der Waals surface area contributed by atoms with E-state index in [1.807, 2.05) is 69.5 Å². The van der Waals surface area contributed by atoms with Crippen LogP contribution in [0.25, 0.3) is 0 Å². The summed E-state index contributed by atoms with van der Waals surface area (Å²) in [5, 5.41) is 4.69. The van der Waals surface area contributed by atoms with Crippen LogP contribution in [-0.4, -0.2) is 96.7 Å². The minimum absolute atomic E-state index is 0. The zero-order valence-corrected chi connectivity index (χ0v) is 30.0. The van der Waals surface area contributed by atoms with Gasteiger partial charge in [-0.1, -0.05) is 67.0 Å². The standard InChI is InChI=1S/C18H25ClN2O2.C11H20N2O2.C7H5ClO.CH4/c1-18(2,3)23-17(22)21-11-14-9-20(10-15(14)12-21)8-13-6-4-5-7-16(13)19;1-11(2,3)15-10(14)13-6-8-4-12-5-9(8)7-13;8-7-4-2-1-3-6(7)5-9;/h4-7,14-15H,8-12H2,1-3H3;8-9,12H,4-7H2,1-3H3;1-5H;1H4. The highest BCUT2D eigenvalue weighted by Crippen LogP contribution is 2.33. The molecule has 4 unspecified atom stereocenters. The number of hydrogen-bond acceptors (Lipinski definition) is 7. The summed E-state index contributed by atoms with van der Waals surface area (Å²) in [6.07, 6.45) is 0.406. The van der Waals surface area contributed by atoms with Crippen LogP contribution in [0, 0.1) is 23.7 Å². The molecule has 4 aliphatic heterocycles. The molecule has 0 saturated carbocycles. The Bertz CT molecular complexity index is 1350. The van der Waals surface area contributed by atoms with Crippen molar-refractivity contribution in [2.24, 2.45) is 23.7 Å². The van der Waals surface area contributed by atoms with Gasteiger partial charge < -0.3 is 24.6 Å². The Morgan fingerprint density at radius 1 is 0.729 bits per heavy atom. The van der Waals surface area contributed by atoms with Gasteiger partial charge >= 0.3 is 12.2 Å². The molecule has 4 heterocycles. The second-order valence-corrected chi connectivity index (χ2v) is 15.7. The number of rotatable bonds is 3. The summed E-state index contributed by atoms with van der Waals surface area (Å²) >= 11 is 11.8. The number of hydrogen-bond donors (Lipinski definition) is 1. The van der Waals surface area contributed by atoms with Crippen LogP contribution in [0.2, 0.25) is 10.0 Å². The van der Waals surface area contributed by atoms with Crippen LogP contribution < -0.4 is 5.32 Å². The number of nitrogens with one attached hydrogen (secondary N) is 1. The van der Waals surface area contributed by atoms with Crippen molar-refractivity contribution < 1.29 is 23.9 Å². The molecular weight excluding hydrogens is 651 g/mol. The molecule has 6 rings (SSSR count). The van der Waals surface area contributed by atoms with Gasteiger partial charge in [-0.2, -0.15) is 0 Å². The van der Waals surface area contributed by atoms with Crippen LogP contribution in [0.4, 0.5) is 9.59 Å². The maximum absolute atomic E-state index is 12.2. The average Bonchev–Trinajstić information content (AvgIpc) is 3.75. The lowest BCUT2D eigenvalue weighted by atomic mass is 10.0. The third-order valence-electron chi connectivity index (χ3n) is 8.64. The number of likely N-dealkylation sites (tertiary alicyclic amines) is 3. The first-order valence-corrected chi connectivity index (χ1v) is 17.2. The van der Waals surface area contributed by atoms with Crippen LogP contribution in [0.1, 0.15) is 64.9 Å². The van der Waals surface area contributed by atoms with E-state index >= 15 is 0 Å². The zero-order valence-electron chi connectivity index (χ0n) is 28.5. The van der Waals surface area contributed by atoms with Gasteiger partial charge in [0.1, 0.15) is 11.2 Å². The number of ether oxygens (including phenoxy) is 2. The Labute approximate surface area is 297 Å². The van der Waals surface area contributed by atoms with Crippen molar-refractivity contribution in [3.63, 3.8) is 0 Å². The molecule has 4 fully saturated rings. The van der Waals surface area contributed by atoms with Gasteiger partial charge in [-0.15, -0.1) is 0 Å². The number of nitrogens with zero attached hydrogens (tertiary/aromatic N) is 3. The smallest absolute Gasteiger partial charge is 0.410 e. The number of carbonyl (C=O) groups excluding carboxylic acids is 3. The lowest BCUT2D eigenvalue weighted by molar-refractivity contribution is 0.0267. The molecular formula is C37H54Cl2N4O5. The molecule has 0 spiro atoms. The minimum Gasteiger partial charge on any atom is -0.444 e. The van der Waals surface area contributed by atoms with Crippen molar-refractivity contribution >= 4 is 41.7 Å². The van der Waals surface area contributed by atoms with Crippen LogP contribution in [0.5, 0.6) is 0 Å². The Hall–Kier alpha value is -2.85. The van der Waals surface area contributed by atoms with Gasteiger partial charge in [-0.25, -0.2) is 9.59 Å². The van der Waals surface area contributed by atoms with E-state index in [1.54, 1.807) is 24.3 Å². The van der Waals surface area contributed by atoms with E-state index in [-0.39, 0.29) is 25.2 Å². The monoisotopic (exact) mass is 704 g/mol. The van der Waals surface area contributed by atoms with Gasteiger partial charge in [0.15, 0.2) is 6.29 Å². The lowest BCUT2D eigenvalue weighted by Gasteiger charge is -2.26. The van der Waals surface area contributed by atoms with Crippen LogP contribution in [0.15, 0.2) is 48.5 Å². The van der Waals surface area contributed by atoms with E-state index in [0.717, 1.165) is 70.2 Å². The fourth-order valence-electron chi connectivity index (χ4n) is 6.46. The van der Waals surface area contributed by atoms with Gasteiger partial charge in [0.25, 0.3) is 0 Å². The quantitative estimate of drug-likeness (QED) is 0.331. The van der Waals surface area contributed by atoms with E-state index in [0.29, 0.717) is 34.3 Å². The Morgan fingerprint density at radius 2 is 1.17 bits per heavy atom. The molecule has 0 aromatic heterocycles. The van der Waals surface area contributed by atoms with Crippen molar-refractivity contribution in [1.82, 2.24) is 20.0 Å². The number of fused-ring (bicyclic) bond motifs is 2. The van der Waals surface area contributed by atoms with Crippen LogP contribution in [-0.2, 0) is 16.0 Å². The first-order chi connectivity index (χ1) is 22.1. The van der Waals surface area contributed by atoms with Crippen molar-refractivity contribution in [2.45, 2.75) is 66.7 Å². The third-order valence-corrected chi connectivity index (χ3v) is 9.35. The number of amides is 2. The number of benzene rings is 2. The van der Waals surface area contributed by atoms with Gasteiger partial charge in [-0.05, 0) is 82.9 Å². The van der Waals surface area contributed by atoms with Crippen LogP contribution >= 0.6 is 23.2 Å². The predicted molar refractivity (Wildman–Crippen MR) is 193 cm³/mol. The summed E-state index contributed by atoms with van der Waals surface area (Å²) in [5.74, 6) is 2.37. The molecule has 9 nitrogen and oxygen atoms in total. The first-order valence-electron chi connectivity index (χ1n) is 16.4. The van der Waals surface area contributed by atoms with E-state index < -0.39 is 5.60 Å². The highest BCUT2D eigenvalue weighted by Gasteiger charge is 2.43. The van der Waals surface area contributed by atoms with E-state index in [1.165, 1.54) is 5.56 Å². The largest absolute Gasteiger partial charge is 0.444 e. The summed E-state index contributed by atoms with van der Waals surface area (Å²) in [4.78, 5) is 40.3. The SMILES string of the molecule is C.CC(C)(C)OC(=O)N1CC2CN(Cc3ccccc3Cl)CC2C1.CC(C)(C)OC(=O)N1CC2CNCC2C1.O=Cc1ccccc1Cl. The van der Waals surface area contributed by atoms with Gasteiger partial charge in [-0.3, -0.25) is 9.69 Å². The second kappa shape index (κ2) is 17.2. The molecule has 0 aliphatic carbocycles. The molecule has 2 aromatic rings. The Balaban J connectivity index is 0.000000214. The molecule has 0 bridgehead atoms. The topological polar surface area (TPSA) is 91.4 Å². The van der Waals surface area contributed by atoms with Crippen molar-refractivity contribution in [3.05, 3.63) is 69.7 Å². The number of aldehydes is 1. The zero-order chi connectivity index (χ0) is 34.4. The van der Waals surface area contributed by atoms with Gasteiger partial charge in [0.05, 0.1) is 5.02 Å². The average molecular weight is 706 g/mol. The highest BCUT2D eigenvalue weighted by atomic mass is 35.5. The summed E-state index contributed by atoms with van der Waals surface area (Å²) in [6.45, 7) is 19.8. The molecule has 0 radical (unpaired) electrons. The third kappa shape index (κ3) is 11.6. The molecule has 4 atom stereocenters. The Morgan fingerprint density at radius 3 is 1.58 bits per heavy atom. The number of halogens is 2. The maximum Gasteiger partial charge on any atom is 0.410 e. The molecule has 48 heavy (non-hydrogen) atoms. The normalized spacial score (nSPS) is 23.1. The van der Waals surface area contributed by atoms with Gasteiger partial charge in [0.2, 0.25) is 0 Å². The fraction of sp³-hybridized carbons (Fsp3) is 0.595. The summed E-state index contributed by atoms with van der Waals surface area (Å²) < 4.78 is 10.8. The van der Waals surface area contributed by atoms with Crippen molar-refractivity contribution in [3.8, 4) is 0 Å². The highest BCUT2D eigenvalue weighted by molar-refractivity contribution is 6.32. The fourth-order valence-corrected chi connectivity index (χ4v) is 6.84. The molecule has 266 valence electrons. The molecule has 4 aliphatic rings. The van der Waals surface area contributed by atoms with Crippen molar-refractivity contribution in [2.75, 3.05) is 52.4 Å². The molecule has 4 saturated heterocycles. The Kier molecular flexibility index (Phi) is 14.2. The minimum atomic E-state index is -0.426. The number of carbonyl (C=O) groups is 3. The first kappa shape index (κ1) is 39.6. The molecule has 2 amide bonds. The van der Waals surface area contributed by atoms with Gasteiger partial charge in [0, 0.05) is 69.5 Å². The molecule has 11 heteroatoms. The van der Waals surface area contributed by atoms with Crippen LogP contribution in [0.3, 0.4) is 0 Å². The molecule has 1 N–H and O–H groups in total.